The predicted molar refractivity (Wildman–Crippen MR) is 41.1 cm³/mol. The second-order valence-corrected chi connectivity index (χ2v) is 3.08. The van der Waals surface area contributed by atoms with Gasteiger partial charge in [0.2, 0.25) is 0 Å². The van der Waals surface area contributed by atoms with Gasteiger partial charge in [-0.25, -0.2) is 0 Å². The maximum atomic E-state index is 10.8. The summed E-state index contributed by atoms with van der Waals surface area (Å²) >= 11 is 0. The molecule has 0 saturated carbocycles. The molecule has 0 atom stereocenters. The van der Waals surface area contributed by atoms with Gasteiger partial charge in [-0.2, -0.15) is 0 Å². The average Bonchev–Trinajstić information content (AvgIpc) is 2.11. The van der Waals surface area contributed by atoms with Crippen LogP contribution in [0.5, 0.6) is 0 Å². The molecule has 1 aliphatic heterocycles. The molecule has 1 rings (SSSR count). The van der Waals surface area contributed by atoms with E-state index in [9.17, 15) is 4.57 Å². The normalized spacial score (nSPS) is 23.2. The van der Waals surface area contributed by atoms with E-state index in [0.29, 0.717) is 39.6 Å². The van der Waals surface area contributed by atoms with E-state index in [1.165, 1.54) is 0 Å². The smallest absolute Gasteiger partial charge is 0.376 e. The highest BCUT2D eigenvalue weighted by atomic mass is 31.1. The highest BCUT2D eigenvalue weighted by Gasteiger charge is 2.19. The third kappa shape index (κ3) is 4.74. The summed E-state index contributed by atoms with van der Waals surface area (Å²) in [6, 6.07) is 0. The van der Waals surface area contributed by atoms with Gasteiger partial charge in [0.1, 0.15) is 13.2 Å². The molecule has 6 heteroatoms. The van der Waals surface area contributed by atoms with E-state index in [-0.39, 0.29) is 0 Å². The Morgan fingerprint density at radius 2 is 1.17 bits per heavy atom. The van der Waals surface area contributed by atoms with E-state index in [2.05, 4.69) is 0 Å². The summed E-state index contributed by atoms with van der Waals surface area (Å²) in [6.07, 6.45) is 0. The molecule has 1 aliphatic rings. The SMILES string of the molecule is O=[P+]1OCCOCCOCCO1. The third-order valence-electron chi connectivity index (χ3n) is 1.22. The highest BCUT2D eigenvalue weighted by molar-refractivity contribution is 7.33. The zero-order chi connectivity index (χ0) is 8.65. The molecule has 70 valence electrons. The summed E-state index contributed by atoms with van der Waals surface area (Å²) in [7, 11) is -1.99. The Morgan fingerprint density at radius 1 is 0.750 bits per heavy atom. The van der Waals surface area contributed by atoms with Crippen molar-refractivity contribution in [1.82, 2.24) is 0 Å². The molecular formula is C6H12O5P+. The number of rotatable bonds is 0. The van der Waals surface area contributed by atoms with Gasteiger partial charge in [0.05, 0.1) is 26.4 Å². The molecule has 0 radical (unpaired) electrons. The van der Waals surface area contributed by atoms with E-state index in [1.54, 1.807) is 0 Å². The Morgan fingerprint density at radius 3 is 1.67 bits per heavy atom. The van der Waals surface area contributed by atoms with Gasteiger partial charge in [0.25, 0.3) is 0 Å². The van der Waals surface area contributed by atoms with Gasteiger partial charge in [-0.15, -0.1) is 9.05 Å². The molecule has 0 unspecified atom stereocenters. The molecule has 0 aromatic carbocycles. The number of hydrogen-bond donors (Lipinski definition) is 0. The van der Waals surface area contributed by atoms with Gasteiger partial charge in [-0.1, -0.05) is 0 Å². The number of hydrogen-bond acceptors (Lipinski definition) is 5. The van der Waals surface area contributed by atoms with Crippen molar-refractivity contribution < 1.29 is 23.1 Å². The topological polar surface area (TPSA) is 54.0 Å². The van der Waals surface area contributed by atoms with Crippen LogP contribution in [0.25, 0.3) is 0 Å². The zero-order valence-electron chi connectivity index (χ0n) is 6.73. The zero-order valence-corrected chi connectivity index (χ0v) is 7.63. The second-order valence-electron chi connectivity index (χ2n) is 2.11. The van der Waals surface area contributed by atoms with Crippen LogP contribution in [-0.2, 0) is 23.1 Å². The fraction of sp³-hybridized carbons (Fsp3) is 1.00. The standard InChI is InChI=1S/C6H12O5P/c7-12-10-5-3-8-1-2-9-4-6-11-12/h1-6H2/q+1. The molecule has 1 saturated heterocycles. The van der Waals surface area contributed by atoms with Crippen LogP contribution in [0, 0.1) is 0 Å². The summed E-state index contributed by atoms with van der Waals surface area (Å²) in [6.45, 7) is 2.53. The molecule has 0 bridgehead atoms. The molecule has 0 aromatic rings. The van der Waals surface area contributed by atoms with Crippen molar-refractivity contribution in [2.45, 2.75) is 0 Å². The van der Waals surface area contributed by atoms with Crippen LogP contribution in [0.15, 0.2) is 0 Å². The summed E-state index contributed by atoms with van der Waals surface area (Å²) < 4.78 is 30.5. The second kappa shape index (κ2) is 6.46. The summed E-state index contributed by atoms with van der Waals surface area (Å²) in [5.74, 6) is 0. The van der Waals surface area contributed by atoms with E-state index in [1.807, 2.05) is 0 Å². The van der Waals surface area contributed by atoms with Crippen LogP contribution < -0.4 is 0 Å². The molecule has 5 nitrogen and oxygen atoms in total. The Kier molecular flexibility index (Phi) is 5.39. The van der Waals surface area contributed by atoms with Crippen molar-refractivity contribution in [3.63, 3.8) is 0 Å². The van der Waals surface area contributed by atoms with Crippen molar-refractivity contribution in [1.29, 1.82) is 0 Å². The fourth-order valence-corrected chi connectivity index (χ4v) is 1.22. The van der Waals surface area contributed by atoms with E-state index in [0.717, 1.165) is 0 Å². The van der Waals surface area contributed by atoms with Crippen molar-refractivity contribution in [3.05, 3.63) is 0 Å². The van der Waals surface area contributed by atoms with Crippen LogP contribution in [0.4, 0.5) is 0 Å². The van der Waals surface area contributed by atoms with E-state index in [4.69, 9.17) is 18.5 Å². The summed E-state index contributed by atoms with van der Waals surface area (Å²) in [5, 5.41) is 0. The molecule has 0 aromatic heterocycles. The van der Waals surface area contributed by atoms with Crippen LogP contribution >= 0.6 is 8.25 Å². The molecule has 1 heterocycles. The minimum Gasteiger partial charge on any atom is -0.376 e. The highest BCUT2D eigenvalue weighted by Crippen LogP contribution is 2.22. The maximum absolute atomic E-state index is 10.8. The van der Waals surface area contributed by atoms with E-state index >= 15 is 0 Å². The van der Waals surface area contributed by atoms with Gasteiger partial charge in [0, 0.05) is 4.57 Å². The minimum absolute atomic E-state index is 0.301. The van der Waals surface area contributed by atoms with Gasteiger partial charge in [-0.05, 0) is 0 Å². The van der Waals surface area contributed by atoms with Crippen molar-refractivity contribution in [2.75, 3.05) is 39.6 Å². The van der Waals surface area contributed by atoms with Crippen molar-refractivity contribution in [3.8, 4) is 0 Å². The van der Waals surface area contributed by atoms with E-state index < -0.39 is 8.25 Å². The maximum Gasteiger partial charge on any atom is 0.697 e. The molecule has 1 fully saturated rings. The monoisotopic (exact) mass is 195 g/mol. The Bertz CT molecular complexity index is 126. The Labute approximate surface area is 71.9 Å². The lowest BCUT2D eigenvalue weighted by atomic mass is 10.7. The lowest BCUT2D eigenvalue weighted by Crippen LogP contribution is -2.08. The summed E-state index contributed by atoms with van der Waals surface area (Å²) in [5.41, 5.74) is 0. The quantitative estimate of drug-likeness (QED) is 0.533. The Balaban J connectivity index is 2.17. The molecule has 0 N–H and O–H groups in total. The average molecular weight is 195 g/mol. The van der Waals surface area contributed by atoms with Gasteiger partial charge >= 0.3 is 8.25 Å². The first kappa shape index (κ1) is 10.0. The molecule has 0 amide bonds. The van der Waals surface area contributed by atoms with Gasteiger partial charge in [-0.3, -0.25) is 0 Å². The minimum atomic E-state index is -1.99. The molecule has 0 spiro atoms. The van der Waals surface area contributed by atoms with Gasteiger partial charge < -0.3 is 9.47 Å². The lowest BCUT2D eigenvalue weighted by molar-refractivity contribution is 0.0375. The molecule has 12 heavy (non-hydrogen) atoms. The first-order chi connectivity index (χ1) is 5.89. The summed E-state index contributed by atoms with van der Waals surface area (Å²) in [4.78, 5) is 0. The van der Waals surface area contributed by atoms with Crippen LogP contribution in [-0.4, -0.2) is 39.6 Å². The van der Waals surface area contributed by atoms with Crippen LogP contribution in [0.3, 0.4) is 0 Å². The van der Waals surface area contributed by atoms with Crippen molar-refractivity contribution in [2.24, 2.45) is 0 Å². The molecule has 0 aliphatic carbocycles. The number of ether oxygens (including phenoxy) is 2. The van der Waals surface area contributed by atoms with Gasteiger partial charge in [0.15, 0.2) is 0 Å². The fourth-order valence-electron chi connectivity index (χ4n) is 0.701. The lowest BCUT2D eigenvalue weighted by Gasteiger charge is -2.00. The Hall–Kier alpha value is -0.0600. The molecular weight excluding hydrogens is 183 g/mol. The predicted octanol–water partition coefficient (Wildman–Crippen LogP) is 0.724. The van der Waals surface area contributed by atoms with Crippen LogP contribution in [0.2, 0.25) is 0 Å². The first-order valence-electron chi connectivity index (χ1n) is 3.78. The van der Waals surface area contributed by atoms with Crippen molar-refractivity contribution >= 4 is 8.25 Å². The first-order valence-corrected chi connectivity index (χ1v) is 4.88. The third-order valence-corrected chi connectivity index (χ3v) is 2.01. The van der Waals surface area contributed by atoms with Crippen LogP contribution in [0.1, 0.15) is 0 Å². The largest absolute Gasteiger partial charge is 0.697 e.